The zero-order chi connectivity index (χ0) is 7.83. The number of hydrogen-bond donors (Lipinski definition) is 0. The van der Waals surface area contributed by atoms with Gasteiger partial charge in [0.15, 0.2) is 0 Å². The Labute approximate surface area is 61.6 Å². The first-order valence-electron chi connectivity index (χ1n) is 3.80. The van der Waals surface area contributed by atoms with Gasteiger partial charge in [-0.05, 0) is 20.3 Å². The summed E-state index contributed by atoms with van der Waals surface area (Å²) < 4.78 is 18.7. The second-order valence-corrected chi connectivity index (χ2v) is 3.73. The van der Waals surface area contributed by atoms with Crippen LogP contribution in [0, 0.1) is 0 Å². The summed E-state index contributed by atoms with van der Waals surface area (Å²) in [6, 6.07) is 0. The van der Waals surface area contributed by atoms with Crippen LogP contribution in [0.15, 0.2) is 0 Å². The molecule has 1 aliphatic heterocycles. The lowest BCUT2D eigenvalue weighted by atomic mass is 9.93. The second kappa shape index (κ2) is 2.19. The van der Waals surface area contributed by atoms with E-state index in [2.05, 4.69) is 0 Å². The van der Waals surface area contributed by atoms with Gasteiger partial charge in [-0.1, -0.05) is 6.92 Å². The molecule has 1 atom stereocenters. The highest BCUT2D eigenvalue weighted by molar-refractivity contribution is 4.92. The van der Waals surface area contributed by atoms with Crippen LogP contribution in [0.1, 0.15) is 33.6 Å². The van der Waals surface area contributed by atoms with E-state index < -0.39 is 5.67 Å². The molecule has 60 valence electrons. The third kappa shape index (κ3) is 1.48. The minimum absolute atomic E-state index is 0.245. The van der Waals surface area contributed by atoms with Gasteiger partial charge in [0.1, 0.15) is 5.67 Å². The van der Waals surface area contributed by atoms with Gasteiger partial charge in [0.25, 0.3) is 0 Å². The lowest BCUT2D eigenvalue weighted by molar-refractivity contribution is 0.0273. The van der Waals surface area contributed by atoms with E-state index >= 15 is 0 Å². The van der Waals surface area contributed by atoms with Gasteiger partial charge in [-0.3, -0.25) is 0 Å². The van der Waals surface area contributed by atoms with Crippen LogP contribution >= 0.6 is 0 Å². The Balaban J connectivity index is 2.57. The highest BCUT2D eigenvalue weighted by Crippen LogP contribution is 2.37. The van der Waals surface area contributed by atoms with Crippen molar-refractivity contribution in [3.8, 4) is 0 Å². The van der Waals surface area contributed by atoms with Gasteiger partial charge in [0.05, 0.1) is 12.2 Å². The molecule has 1 aliphatic rings. The summed E-state index contributed by atoms with van der Waals surface area (Å²) >= 11 is 0. The molecule has 1 heterocycles. The van der Waals surface area contributed by atoms with Crippen molar-refractivity contribution in [2.45, 2.75) is 44.9 Å². The molecule has 1 unspecified atom stereocenters. The van der Waals surface area contributed by atoms with E-state index in [-0.39, 0.29) is 12.2 Å². The Morgan fingerprint density at radius 2 is 2.10 bits per heavy atom. The van der Waals surface area contributed by atoms with E-state index in [0.29, 0.717) is 12.8 Å². The van der Waals surface area contributed by atoms with Crippen LogP contribution in [0.25, 0.3) is 0 Å². The van der Waals surface area contributed by atoms with Gasteiger partial charge in [0, 0.05) is 6.42 Å². The fourth-order valence-electron chi connectivity index (χ4n) is 1.42. The van der Waals surface area contributed by atoms with E-state index in [1.807, 2.05) is 20.8 Å². The molecule has 0 radical (unpaired) electrons. The first kappa shape index (κ1) is 7.99. The van der Waals surface area contributed by atoms with Crippen molar-refractivity contribution < 1.29 is 9.13 Å². The normalized spacial score (nSPS) is 38.4. The minimum Gasteiger partial charge on any atom is -0.372 e. The first-order chi connectivity index (χ1) is 4.47. The molecule has 0 N–H and O–H groups in total. The van der Waals surface area contributed by atoms with E-state index in [1.54, 1.807) is 0 Å². The number of hydrogen-bond acceptors (Lipinski definition) is 1. The van der Waals surface area contributed by atoms with Crippen LogP contribution < -0.4 is 0 Å². The van der Waals surface area contributed by atoms with Crippen molar-refractivity contribution in [2.24, 2.45) is 0 Å². The summed E-state index contributed by atoms with van der Waals surface area (Å²) in [6.45, 7) is 6.01. The van der Waals surface area contributed by atoms with Crippen LogP contribution in [-0.2, 0) is 4.74 Å². The molecular weight excluding hydrogens is 131 g/mol. The van der Waals surface area contributed by atoms with Crippen LogP contribution in [0.5, 0.6) is 0 Å². The average molecular weight is 146 g/mol. The van der Waals surface area contributed by atoms with Crippen LogP contribution in [-0.4, -0.2) is 17.9 Å². The quantitative estimate of drug-likeness (QED) is 0.551. The second-order valence-electron chi connectivity index (χ2n) is 3.73. The summed E-state index contributed by atoms with van der Waals surface area (Å²) in [7, 11) is 0. The summed E-state index contributed by atoms with van der Waals surface area (Å²) in [5.41, 5.74) is -1.30. The van der Waals surface area contributed by atoms with E-state index in [0.717, 1.165) is 0 Å². The Kier molecular flexibility index (Phi) is 1.75. The molecular formula is C8H15FO. The third-order valence-electron chi connectivity index (χ3n) is 2.10. The Hall–Kier alpha value is -0.110. The smallest absolute Gasteiger partial charge is 0.136 e. The van der Waals surface area contributed by atoms with Crippen LogP contribution in [0.2, 0.25) is 0 Å². The van der Waals surface area contributed by atoms with Crippen molar-refractivity contribution in [2.75, 3.05) is 6.61 Å². The minimum atomic E-state index is -1.05. The number of alkyl halides is 1. The predicted molar refractivity (Wildman–Crippen MR) is 38.8 cm³/mol. The van der Waals surface area contributed by atoms with Crippen molar-refractivity contribution in [3.05, 3.63) is 0 Å². The monoisotopic (exact) mass is 146 g/mol. The molecule has 0 aromatic carbocycles. The highest BCUT2D eigenvalue weighted by Gasteiger charge is 2.43. The fraction of sp³-hybridized carbons (Fsp3) is 1.00. The Bertz CT molecular complexity index is 133. The molecule has 0 aromatic rings. The molecule has 1 fully saturated rings. The maximum absolute atomic E-state index is 13.4. The number of ether oxygens (including phenoxy) is 1. The molecule has 0 amide bonds. The molecule has 0 spiro atoms. The molecule has 0 aliphatic carbocycles. The van der Waals surface area contributed by atoms with Gasteiger partial charge in [0.2, 0.25) is 0 Å². The maximum Gasteiger partial charge on any atom is 0.136 e. The summed E-state index contributed by atoms with van der Waals surface area (Å²) in [6.07, 6.45) is 1.10. The van der Waals surface area contributed by atoms with Gasteiger partial charge in [-0.25, -0.2) is 4.39 Å². The Morgan fingerprint density at radius 3 is 2.30 bits per heavy atom. The van der Waals surface area contributed by atoms with E-state index in [9.17, 15) is 4.39 Å². The summed E-state index contributed by atoms with van der Waals surface area (Å²) in [5, 5.41) is 0. The Morgan fingerprint density at radius 1 is 1.50 bits per heavy atom. The molecule has 1 nitrogen and oxygen atoms in total. The summed E-state index contributed by atoms with van der Waals surface area (Å²) in [4.78, 5) is 0. The summed E-state index contributed by atoms with van der Waals surface area (Å²) in [5.74, 6) is 0. The predicted octanol–water partition coefficient (Wildman–Crippen LogP) is 2.30. The molecule has 0 aromatic heterocycles. The lowest BCUT2D eigenvalue weighted by Gasteiger charge is -2.17. The van der Waals surface area contributed by atoms with Gasteiger partial charge in [-0.15, -0.1) is 0 Å². The largest absolute Gasteiger partial charge is 0.372 e. The maximum atomic E-state index is 13.4. The molecule has 0 bridgehead atoms. The van der Waals surface area contributed by atoms with E-state index in [4.69, 9.17) is 4.74 Å². The van der Waals surface area contributed by atoms with Crippen LogP contribution in [0.3, 0.4) is 0 Å². The van der Waals surface area contributed by atoms with Gasteiger partial charge >= 0.3 is 0 Å². The fourth-order valence-corrected chi connectivity index (χ4v) is 1.42. The molecule has 10 heavy (non-hydrogen) atoms. The highest BCUT2D eigenvalue weighted by atomic mass is 19.1. The van der Waals surface area contributed by atoms with Crippen molar-refractivity contribution in [1.82, 2.24) is 0 Å². The molecule has 2 heteroatoms. The number of rotatable bonds is 1. The van der Waals surface area contributed by atoms with Crippen molar-refractivity contribution in [1.29, 1.82) is 0 Å². The topological polar surface area (TPSA) is 9.23 Å². The van der Waals surface area contributed by atoms with Crippen LogP contribution in [0.4, 0.5) is 4.39 Å². The van der Waals surface area contributed by atoms with E-state index in [1.165, 1.54) is 0 Å². The SMILES string of the molecule is CCC1(F)COC(C)(C)C1. The zero-order valence-corrected chi connectivity index (χ0v) is 6.91. The van der Waals surface area contributed by atoms with Gasteiger partial charge in [-0.2, -0.15) is 0 Å². The van der Waals surface area contributed by atoms with Gasteiger partial charge < -0.3 is 4.74 Å². The molecule has 0 saturated carbocycles. The van der Waals surface area contributed by atoms with Crippen molar-refractivity contribution in [3.63, 3.8) is 0 Å². The first-order valence-corrected chi connectivity index (χ1v) is 3.80. The number of halogens is 1. The molecule has 1 saturated heterocycles. The zero-order valence-electron chi connectivity index (χ0n) is 6.91. The molecule has 1 rings (SSSR count). The van der Waals surface area contributed by atoms with Crippen molar-refractivity contribution >= 4 is 0 Å². The standard InChI is InChI=1S/C8H15FO/c1-4-8(9)5-7(2,3)10-6-8/h4-6H2,1-3H3. The average Bonchev–Trinajstić information content (AvgIpc) is 2.08. The lowest BCUT2D eigenvalue weighted by Crippen LogP contribution is -2.24. The third-order valence-corrected chi connectivity index (χ3v) is 2.10.